The molecular weight excluding hydrogens is 342 g/mol. The number of benzene rings is 1. The van der Waals surface area contributed by atoms with Gasteiger partial charge in [0.2, 0.25) is 11.8 Å². The van der Waals surface area contributed by atoms with Gasteiger partial charge in [-0.1, -0.05) is 35.5 Å². The summed E-state index contributed by atoms with van der Waals surface area (Å²) < 4.78 is 4.92. The summed E-state index contributed by atoms with van der Waals surface area (Å²) in [5.41, 5.74) is 0.725. The van der Waals surface area contributed by atoms with Gasteiger partial charge in [0.15, 0.2) is 5.82 Å². The van der Waals surface area contributed by atoms with E-state index in [1.54, 1.807) is 13.0 Å². The van der Waals surface area contributed by atoms with Crippen molar-refractivity contribution in [1.29, 1.82) is 0 Å². The summed E-state index contributed by atoms with van der Waals surface area (Å²) in [6.07, 6.45) is 2.15. The van der Waals surface area contributed by atoms with Crippen LogP contribution in [-0.4, -0.2) is 35.0 Å². The van der Waals surface area contributed by atoms with Gasteiger partial charge in [-0.05, 0) is 31.2 Å². The number of amides is 2. The molecule has 7 heteroatoms. The van der Waals surface area contributed by atoms with E-state index in [-0.39, 0.29) is 18.4 Å². The second kappa shape index (κ2) is 7.70. The number of hydrogen-bond donors (Lipinski definition) is 1. The van der Waals surface area contributed by atoms with Gasteiger partial charge in [0.1, 0.15) is 11.1 Å². The lowest BCUT2D eigenvalue weighted by atomic mass is 10.1. The maximum absolute atomic E-state index is 12.8. The van der Waals surface area contributed by atoms with Crippen molar-refractivity contribution < 1.29 is 14.1 Å². The Morgan fingerprint density at radius 2 is 2.08 bits per heavy atom. The second-order valence-electron chi connectivity index (χ2n) is 6.31. The minimum Gasteiger partial charge on any atom is -0.360 e. The number of halogens is 1. The quantitative estimate of drug-likeness (QED) is 0.769. The van der Waals surface area contributed by atoms with Gasteiger partial charge in [-0.3, -0.25) is 9.59 Å². The zero-order valence-corrected chi connectivity index (χ0v) is 14.7. The third-order valence-corrected chi connectivity index (χ3v) is 4.46. The van der Waals surface area contributed by atoms with E-state index in [1.807, 2.05) is 30.3 Å². The highest BCUT2D eigenvalue weighted by Gasteiger charge is 2.31. The molecule has 1 aromatic heterocycles. The third-order valence-electron chi connectivity index (χ3n) is 4.03. The molecule has 1 aliphatic rings. The molecule has 1 aromatic carbocycles. The summed E-state index contributed by atoms with van der Waals surface area (Å²) in [5, 5.41) is 5.56. The molecule has 0 aliphatic heterocycles. The fourth-order valence-electron chi connectivity index (χ4n) is 2.55. The first-order valence-electron chi connectivity index (χ1n) is 8.24. The smallest absolute Gasteiger partial charge is 0.245 e. The van der Waals surface area contributed by atoms with E-state index in [1.165, 1.54) is 4.90 Å². The van der Waals surface area contributed by atoms with E-state index in [2.05, 4.69) is 10.5 Å². The summed E-state index contributed by atoms with van der Waals surface area (Å²) >= 11 is 6.35. The van der Waals surface area contributed by atoms with Crippen LogP contribution in [0.3, 0.4) is 0 Å². The number of rotatable bonds is 7. The molecule has 0 bridgehead atoms. The van der Waals surface area contributed by atoms with Crippen LogP contribution in [0.1, 0.15) is 29.5 Å². The van der Waals surface area contributed by atoms with Gasteiger partial charge in [-0.2, -0.15) is 0 Å². The van der Waals surface area contributed by atoms with Crippen LogP contribution < -0.4 is 5.32 Å². The second-order valence-corrected chi connectivity index (χ2v) is 6.74. The van der Waals surface area contributed by atoms with Crippen LogP contribution in [0.5, 0.6) is 0 Å². The first-order chi connectivity index (χ1) is 12.0. The van der Waals surface area contributed by atoms with Crippen LogP contribution in [0.15, 0.2) is 40.9 Å². The lowest BCUT2D eigenvalue weighted by Gasteiger charge is -2.24. The van der Waals surface area contributed by atoms with E-state index in [4.69, 9.17) is 16.1 Å². The molecule has 6 nitrogen and oxygen atoms in total. The van der Waals surface area contributed by atoms with Crippen molar-refractivity contribution in [3.63, 3.8) is 0 Å². The van der Waals surface area contributed by atoms with Crippen LogP contribution in [-0.2, 0) is 9.59 Å². The van der Waals surface area contributed by atoms with Gasteiger partial charge in [0.05, 0.1) is 6.54 Å². The molecule has 25 heavy (non-hydrogen) atoms. The van der Waals surface area contributed by atoms with Crippen molar-refractivity contribution in [1.82, 2.24) is 10.1 Å². The van der Waals surface area contributed by atoms with E-state index in [0.717, 1.165) is 18.4 Å². The molecule has 3 rings (SSSR count). The van der Waals surface area contributed by atoms with Gasteiger partial charge in [-0.15, -0.1) is 11.6 Å². The molecule has 0 radical (unpaired) electrons. The number of nitrogens with zero attached hydrogens (tertiary/aromatic N) is 2. The van der Waals surface area contributed by atoms with E-state index < -0.39 is 5.38 Å². The highest BCUT2D eigenvalue weighted by atomic mass is 35.5. The Balaban J connectivity index is 1.66. The topological polar surface area (TPSA) is 75.4 Å². The largest absolute Gasteiger partial charge is 0.360 e. The molecule has 1 saturated carbocycles. The molecule has 1 aliphatic carbocycles. The van der Waals surface area contributed by atoms with Crippen molar-refractivity contribution in [2.45, 2.75) is 25.1 Å². The van der Waals surface area contributed by atoms with Crippen molar-refractivity contribution in [2.75, 3.05) is 18.4 Å². The SMILES string of the molecule is Cc1cc(NC(=O)CN(CC2CC2)C(=O)[C@H](Cl)c2ccccc2)no1. The summed E-state index contributed by atoms with van der Waals surface area (Å²) in [6, 6.07) is 10.8. The summed E-state index contributed by atoms with van der Waals surface area (Å²) in [5.74, 6) is 0.814. The van der Waals surface area contributed by atoms with Crippen LogP contribution in [0.2, 0.25) is 0 Å². The first-order valence-corrected chi connectivity index (χ1v) is 8.67. The van der Waals surface area contributed by atoms with Crippen molar-refractivity contribution in [2.24, 2.45) is 5.92 Å². The van der Waals surface area contributed by atoms with Crippen LogP contribution in [0.25, 0.3) is 0 Å². The fourth-order valence-corrected chi connectivity index (χ4v) is 2.83. The maximum Gasteiger partial charge on any atom is 0.245 e. The fraction of sp³-hybridized carbons (Fsp3) is 0.389. The number of alkyl halides is 1. The Morgan fingerprint density at radius 1 is 1.36 bits per heavy atom. The van der Waals surface area contributed by atoms with Gasteiger partial charge in [0.25, 0.3) is 0 Å². The maximum atomic E-state index is 12.8. The molecule has 0 spiro atoms. The van der Waals surface area contributed by atoms with Crippen molar-refractivity contribution >= 4 is 29.2 Å². The zero-order valence-electron chi connectivity index (χ0n) is 13.9. The number of aromatic nitrogens is 1. The van der Waals surface area contributed by atoms with Crippen molar-refractivity contribution in [3.05, 3.63) is 47.7 Å². The van der Waals surface area contributed by atoms with E-state index >= 15 is 0 Å². The lowest BCUT2D eigenvalue weighted by molar-refractivity contribution is -0.134. The molecule has 2 amide bonds. The number of carbonyl (C=O) groups is 2. The van der Waals surface area contributed by atoms with Gasteiger partial charge in [0, 0.05) is 12.6 Å². The first kappa shape index (κ1) is 17.5. The molecule has 1 N–H and O–H groups in total. The Labute approximate surface area is 151 Å². The molecule has 2 aromatic rings. The number of aryl methyl sites for hydroxylation is 1. The minimum atomic E-state index is -0.804. The standard InChI is InChI=1S/C18H20ClN3O3/c1-12-9-15(21-25-12)20-16(23)11-22(10-13-7-8-13)18(24)17(19)14-5-3-2-4-6-14/h2-6,9,13,17H,7-8,10-11H2,1H3,(H,20,21,23)/t17-/m1/s1. The monoisotopic (exact) mass is 361 g/mol. The summed E-state index contributed by atoms with van der Waals surface area (Å²) in [4.78, 5) is 26.6. The molecule has 1 fully saturated rings. The number of carbonyl (C=O) groups excluding carboxylic acids is 2. The predicted molar refractivity (Wildman–Crippen MR) is 94.2 cm³/mol. The third kappa shape index (κ3) is 4.82. The van der Waals surface area contributed by atoms with Gasteiger partial charge in [-0.25, -0.2) is 0 Å². The highest BCUT2D eigenvalue weighted by molar-refractivity contribution is 6.30. The highest BCUT2D eigenvalue weighted by Crippen LogP contribution is 2.31. The predicted octanol–water partition coefficient (Wildman–Crippen LogP) is 3.14. The number of hydrogen-bond acceptors (Lipinski definition) is 4. The number of anilines is 1. The van der Waals surface area contributed by atoms with E-state index in [0.29, 0.717) is 24.0 Å². The Kier molecular flexibility index (Phi) is 5.38. The van der Waals surface area contributed by atoms with Gasteiger partial charge < -0.3 is 14.7 Å². The van der Waals surface area contributed by atoms with Crippen molar-refractivity contribution in [3.8, 4) is 0 Å². The molecule has 1 heterocycles. The average Bonchev–Trinajstić information content (AvgIpc) is 3.34. The lowest BCUT2D eigenvalue weighted by Crippen LogP contribution is -2.41. The Morgan fingerprint density at radius 3 is 2.68 bits per heavy atom. The minimum absolute atomic E-state index is 0.0582. The van der Waals surface area contributed by atoms with Crippen LogP contribution in [0.4, 0.5) is 5.82 Å². The molecule has 0 saturated heterocycles. The average molecular weight is 362 g/mol. The summed E-state index contributed by atoms with van der Waals surface area (Å²) in [7, 11) is 0. The van der Waals surface area contributed by atoms with E-state index in [9.17, 15) is 9.59 Å². The van der Waals surface area contributed by atoms with Crippen LogP contribution in [0, 0.1) is 12.8 Å². The zero-order chi connectivity index (χ0) is 17.8. The summed E-state index contributed by atoms with van der Waals surface area (Å²) in [6.45, 7) is 2.22. The molecular formula is C18H20ClN3O3. The number of nitrogens with one attached hydrogen (secondary N) is 1. The molecule has 132 valence electrons. The molecule has 0 unspecified atom stereocenters. The Hall–Kier alpha value is -2.34. The molecule has 1 atom stereocenters. The normalized spacial score (nSPS) is 14.8. The van der Waals surface area contributed by atoms with Crippen LogP contribution >= 0.6 is 11.6 Å². The Bertz CT molecular complexity index is 743. The van der Waals surface area contributed by atoms with Gasteiger partial charge >= 0.3 is 0 Å².